The Hall–Kier alpha value is -1.22. The SMILES string of the molecule is CN(c1cccc(N)c1)C1CCN(CC2CC2)CC1. The van der Waals surface area contributed by atoms with E-state index in [9.17, 15) is 0 Å². The van der Waals surface area contributed by atoms with Crippen LogP contribution in [-0.2, 0) is 0 Å². The average molecular weight is 259 g/mol. The molecule has 1 aliphatic carbocycles. The van der Waals surface area contributed by atoms with Gasteiger partial charge in [-0.05, 0) is 49.8 Å². The lowest BCUT2D eigenvalue weighted by Gasteiger charge is -2.38. The summed E-state index contributed by atoms with van der Waals surface area (Å²) in [6, 6.07) is 8.90. The van der Waals surface area contributed by atoms with Gasteiger partial charge in [-0.1, -0.05) is 6.07 Å². The number of anilines is 2. The predicted octanol–water partition coefficient (Wildman–Crippen LogP) is 2.58. The van der Waals surface area contributed by atoms with Crippen LogP contribution in [0.3, 0.4) is 0 Å². The first-order valence-electron chi connectivity index (χ1n) is 7.53. The van der Waals surface area contributed by atoms with Crippen LogP contribution in [0.4, 0.5) is 11.4 Å². The predicted molar refractivity (Wildman–Crippen MR) is 81.4 cm³/mol. The van der Waals surface area contributed by atoms with Gasteiger partial charge in [0, 0.05) is 44.1 Å². The highest BCUT2D eigenvalue weighted by molar-refractivity contribution is 5.56. The molecule has 0 amide bonds. The van der Waals surface area contributed by atoms with Crippen LogP contribution in [0.25, 0.3) is 0 Å². The first-order valence-corrected chi connectivity index (χ1v) is 7.53. The number of rotatable bonds is 4. The summed E-state index contributed by atoms with van der Waals surface area (Å²) in [5.41, 5.74) is 7.98. The number of nitrogen functional groups attached to an aromatic ring is 1. The fraction of sp³-hybridized carbons (Fsp3) is 0.625. The fourth-order valence-corrected chi connectivity index (χ4v) is 3.11. The first-order chi connectivity index (χ1) is 9.22. The molecule has 104 valence electrons. The Labute approximate surface area is 116 Å². The minimum Gasteiger partial charge on any atom is -0.399 e. The summed E-state index contributed by atoms with van der Waals surface area (Å²) >= 11 is 0. The highest BCUT2D eigenvalue weighted by Crippen LogP contribution is 2.31. The third kappa shape index (κ3) is 3.21. The number of nitrogens with two attached hydrogens (primary N) is 1. The monoisotopic (exact) mass is 259 g/mol. The highest BCUT2D eigenvalue weighted by Gasteiger charge is 2.28. The number of piperidine rings is 1. The summed E-state index contributed by atoms with van der Waals surface area (Å²) in [4.78, 5) is 5.06. The van der Waals surface area contributed by atoms with Crippen molar-refractivity contribution in [1.29, 1.82) is 0 Å². The summed E-state index contributed by atoms with van der Waals surface area (Å²) in [6.07, 6.45) is 5.47. The fourth-order valence-electron chi connectivity index (χ4n) is 3.11. The topological polar surface area (TPSA) is 32.5 Å². The van der Waals surface area contributed by atoms with Gasteiger partial charge in [-0.25, -0.2) is 0 Å². The highest BCUT2D eigenvalue weighted by atomic mass is 15.2. The molecule has 1 saturated heterocycles. The third-order valence-electron chi connectivity index (χ3n) is 4.60. The Balaban J connectivity index is 1.55. The molecule has 1 aromatic carbocycles. The van der Waals surface area contributed by atoms with E-state index in [0.29, 0.717) is 6.04 Å². The van der Waals surface area contributed by atoms with Crippen LogP contribution in [0.15, 0.2) is 24.3 Å². The van der Waals surface area contributed by atoms with Crippen molar-refractivity contribution < 1.29 is 0 Å². The molecule has 0 bridgehead atoms. The quantitative estimate of drug-likeness (QED) is 0.844. The maximum atomic E-state index is 5.87. The van der Waals surface area contributed by atoms with Gasteiger partial charge in [0.1, 0.15) is 0 Å². The van der Waals surface area contributed by atoms with E-state index in [1.807, 2.05) is 12.1 Å². The van der Waals surface area contributed by atoms with Crippen molar-refractivity contribution >= 4 is 11.4 Å². The van der Waals surface area contributed by atoms with Gasteiger partial charge < -0.3 is 15.5 Å². The summed E-state index contributed by atoms with van der Waals surface area (Å²) < 4.78 is 0. The van der Waals surface area contributed by atoms with Gasteiger partial charge in [0.25, 0.3) is 0 Å². The molecule has 1 heterocycles. The molecule has 2 aliphatic rings. The lowest BCUT2D eigenvalue weighted by molar-refractivity contribution is 0.203. The van der Waals surface area contributed by atoms with E-state index in [0.717, 1.165) is 11.6 Å². The lowest BCUT2D eigenvalue weighted by atomic mass is 10.0. The van der Waals surface area contributed by atoms with E-state index < -0.39 is 0 Å². The van der Waals surface area contributed by atoms with E-state index in [4.69, 9.17) is 5.73 Å². The molecular formula is C16H25N3. The molecule has 2 fully saturated rings. The zero-order chi connectivity index (χ0) is 13.2. The van der Waals surface area contributed by atoms with Crippen molar-refractivity contribution in [3.05, 3.63) is 24.3 Å². The number of benzene rings is 1. The van der Waals surface area contributed by atoms with Crippen molar-refractivity contribution in [2.45, 2.75) is 31.7 Å². The Morgan fingerprint density at radius 3 is 2.58 bits per heavy atom. The lowest BCUT2D eigenvalue weighted by Crippen LogP contribution is -2.44. The zero-order valence-corrected chi connectivity index (χ0v) is 11.9. The molecule has 19 heavy (non-hydrogen) atoms. The second kappa shape index (κ2) is 5.41. The van der Waals surface area contributed by atoms with Gasteiger partial charge in [-0.2, -0.15) is 0 Å². The van der Waals surface area contributed by atoms with Crippen molar-refractivity contribution in [3.8, 4) is 0 Å². The molecule has 0 radical (unpaired) electrons. The van der Waals surface area contributed by atoms with E-state index in [2.05, 4.69) is 29.0 Å². The Morgan fingerprint density at radius 2 is 1.95 bits per heavy atom. The summed E-state index contributed by atoms with van der Waals surface area (Å²) in [7, 11) is 2.20. The standard InChI is InChI=1S/C16H25N3/c1-18(16-4-2-3-14(17)11-16)15-7-9-19(10-8-15)12-13-5-6-13/h2-4,11,13,15H,5-10,12,17H2,1H3. The normalized spacial score (nSPS) is 21.5. The smallest absolute Gasteiger partial charge is 0.0386 e. The minimum absolute atomic E-state index is 0.664. The van der Waals surface area contributed by atoms with Gasteiger partial charge in [-0.15, -0.1) is 0 Å². The molecule has 1 aliphatic heterocycles. The number of hydrogen-bond donors (Lipinski definition) is 1. The van der Waals surface area contributed by atoms with Crippen LogP contribution in [-0.4, -0.2) is 37.6 Å². The number of hydrogen-bond acceptors (Lipinski definition) is 3. The zero-order valence-electron chi connectivity index (χ0n) is 11.9. The number of likely N-dealkylation sites (tertiary alicyclic amines) is 1. The van der Waals surface area contributed by atoms with Gasteiger partial charge >= 0.3 is 0 Å². The van der Waals surface area contributed by atoms with Crippen LogP contribution in [0, 0.1) is 5.92 Å². The molecular weight excluding hydrogens is 234 g/mol. The molecule has 3 nitrogen and oxygen atoms in total. The largest absolute Gasteiger partial charge is 0.399 e. The minimum atomic E-state index is 0.664. The van der Waals surface area contributed by atoms with Gasteiger partial charge in [0.15, 0.2) is 0 Å². The molecule has 3 rings (SSSR count). The van der Waals surface area contributed by atoms with Crippen LogP contribution in [0.2, 0.25) is 0 Å². The van der Waals surface area contributed by atoms with Crippen LogP contribution in [0.5, 0.6) is 0 Å². The third-order valence-corrected chi connectivity index (χ3v) is 4.60. The van der Waals surface area contributed by atoms with Crippen molar-refractivity contribution in [2.75, 3.05) is 37.3 Å². The van der Waals surface area contributed by atoms with Gasteiger partial charge in [-0.3, -0.25) is 0 Å². The Kier molecular flexibility index (Phi) is 3.65. The molecule has 1 saturated carbocycles. The molecule has 0 atom stereocenters. The molecule has 1 aromatic rings. The van der Waals surface area contributed by atoms with Gasteiger partial charge in [0.2, 0.25) is 0 Å². The summed E-state index contributed by atoms with van der Waals surface area (Å²) in [5, 5.41) is 0. The van der Waals surface area contributed by atoms with Crippen molar-refractivity contribution in [1.82, 2.24) is 4.90 Å². The van der Waals surface area contributed by atoms with Gasteiger partial charge in [0.05, 0.1) is 0 Å². The molecule has 0 spiro atoms. The van der Waals surface area contributed by atoms with Crippen molar-refractivity contribution in [2.24, 2.45) is 5.92 Å². The van der Waals surface area contributed by atoms with E-state index in [1.165, 1.54) is 51.0 Å². The van der Waals surface area contributed by atoms with Crippen LogP contribution < -0.4 is 10.6 Å². The number of nitrogens with zero attached hydrogens (tertiary/aromatic N) is 2. The first kappa shape index (κ1) is 12.8. The molecule has 3 heteroatoms. The molecule has 2 N–H and O–H groups in total. The summed E-state index contributed by atoms with van der Waals surface area (Å²) in [5.74, 6) is 1.02. The maximum absolute atomic E-state index is 5.87. The second-order valence-electron chi connectivity index (χ2n) is 6.18. The Bertz CT molecular complexity index is 420. The van der Waals surface area contributed by atoms with E-state index >= 15 is 0 Å². The van der Waals surface area contributed by atoms with E-state index in [1.54, 1.807) is 0 Å². The second-order valence-corrected chi connectivity index (χ2v) is 6.18. The molecule has 0 unspecified atom stereocenters. The average Bonchev–Trinajstić information content (AvgIpc) is 3.23. The van der Waals surface area contributed by atoms with E-state index in [-0.39, 0.29) is 0 Å². The van der Waals surface area contributed by atoms with Crippen molar-refractivity contribution in [3.63, 3.8) is 0 Å². The van der Waals surface area contributed by atoms with Crippen LogP contribution in [0.1, 0.15) is 25.7 Å². The summed E-state index contributed by atoms with van der Waals surface area (Å²) in [6.45, 7) is 3.86. The maximum Gasteiger partial charge on any atom is 0.0386 e. The molecule has 0 aromatic heterocycles. The Morgan fingerprint density at radius 1 is 1.21 bits per heavy atom. The van der Waals surface area contributed by atoms with Crippen LogP contribution >= 0.6 is 0 Å².